The van der Waals surface area contributed by atoms with E-state index in [-0.39, 0.29) is 25.7 Å². The van der Waals surface area contributed by atoms with Gasteiger partial charge in [0, 0.05) is 25.7 Å². The molecule has 5 atom stereocenters. The van der Waals surface area contributed by atoms with Gasteiger partial charge in [0.15, 0.2) is 12.2 Å². The molecule has 19 heteroatoms. The van der Waals surface area contributed by atoms with Crippen molar-refractivity contribution in [2.24, 2.45) is 0 Å². The Balaban J connectivity index is 5.29. The summed E-state index contributed by atoms with van der Waals surface area (Å²) in [5.74, 6) is -2.18. The van der Waals surface area contributed by atoms with Gasteiger partial charge < -0.3 is 33.8 Å². The Hall–Kier alpha value is -3.24. The third-order valence-electron chi connectivity index (χ3n) is 15.5. The molecule has 0 saturated carbocycles. The maximum Gasteiger partial charge on any atom is 0.472 e. The van der Waals surface area contributed by atoms with Crippen LogP contribution in [0.3, 0.4) is 0 Å². The lowest BCUT2D eigenvalue weighted by Crippen LogP contribution is -2.30. The molecule has 3 N–H and O–H groups in total. The van der Waals surface area contributed by atoms with E-state index in [0.717, 1.165) is 148 Å². The Bertz CT molecular complexity index is 1990. The number of phosphoric acid groups is 2. The van der Waals surface area contributed by atoms with Crippen molar-refractivity contribution in [2.45, 2.75) is 341 Å². The van der Waals surface area contributed by atoms with Crippen molar-refractivity contribution in [3.05, 3.63) is 60.8 Å². The molecule has 0 rings (SSSR count). The van der Waals surface area contributed by atoms with Gasteiger partial charge in [-0.2, -0.15) is 0 Å². The Morgan fingerprint density at radius 3 is 0.891 bits per heavy atom. The molecule has 5 unspecified atom stereocenters. The van der Waals surface area contributed by atoms with Crippen LogP contribution in [0, 0.1) is 0 Å². The topological polar surface area (TPSA) is 237 Å². The molecule has 0 aliphatic carbocycles. The summed E-state index contributed by atoms with van der Waals surface area (Å²) in [5.41, 5.74) is 0. The van der Waals surface area contributed by atoms with Gasteiger partial charge in [-0.05, 0) is 89.9 Å². The summed E-state index contributed by atoms with van der Waals surface area (Å²) < 4.78 is 68.3. The van der Waals surface area contributed by atoms with Crippen molar-refractivity contribution in [2.75, 3.05) is 39.6 Å². The van der Waals surface area contributed by atoms with E-state index in [0.29, 0.717) is 25.7 Å². The molecule has 0 bridgehead atoms. The van der Waals surface area contributed by atoms with E-state index in [1.54, 1.807) is 0 Å². The van der Waals surface area contributed by atoms with Gasteiger partial charge in [-0.3, -0.25) is 37.3 Å². The van der Waals surface area contributed by atoms with Crippen molar-refractivity contribution >= 4 is 39.5 Å². The minimum atomic E-state index is -4.96. The van der Waals surface area contributed by atoms with Crippen molar-refractivity contribution < 1.29 is 80.2 Å². The van der Waals surface area contributed by atoms with Gasteiger partial charge in [-0.25, -0.2) is 9.13 Å². The Morgan fingerprint density at radius 2 is 0.565 bits per heavy atom. The van der Waals surface area contributed by atoms with E-state index in [1.807, 2.05) is 0 Å². The maximum atomic E-state index is 13.0. The van der Waals surface area contributed by atoms with Crippen LogP contribution >= 0.6 is 15.6 Å². The van der Waals surface area contributed by atoms with Crippen LogP contribution in [-0.2, 0) is 65.4 Å². The number of hydrogen-bond acceptors (Lipinski definition) is 15. The van der Waals surface area contributed by atoms with Crippen molar-refractivity contribution in [1.82, 2.24) is 0 Å². The van der Waals surface area contributed by atoms with Crippen molar-refractivity contribution in [3.63, 3.8) is 0 Å². The second kappa shape index (κ2) is 66.4. The number of esters is 4. The Morgan fingerprint density at radius 1 is 0.315 bits per heavy atom. The second-order valence-corrected chi connectivity index (χ2v) is 27.4. The molecule has 0 aliphatic rings. The summed E-state index contributed by atoms with van der Waals surface area (Å²) >= 11 is 0. The second-order valence-electron chi connectivity index (χ2n) is 24.5. The van der Waals surface area contributed by atoms with Gasteiger partial charge in [0.25, 0.3) is 0 Å². The van der Waals surface area contributed by atoms with Gasteiger partial charge in [0.2, 0.25) is 0 Å². The van der Waals surface area contributed by atoms with Crippen LogP contribution in [0.1, 0.15) is 323 Å². The monoisotopic (exact) mass is 1340 g/mol. The van der Waals surface area contributed by atoms with E-state index in [2.05, 4.69) is 88.5 Å². The molecular formula is C73H132O17P2. The molecule has 536 valence electrons. The molecule has 17 nitrogen and oxygen atoms in total. The summed E-state index contributed by atoms with van der Waals surface area (Å²) in [7, 11) is -9.93. The number of rotatable bonds is 69. The average Bonchev–Trinajstić information content (AvgIpc) is 2.55. The predicted octanol–water partition coefficient (Wildman–Crippen LogP) is 20.3. The minimum Gasteiger partial charge on any atom is -0.462 e. The first-order valence-electron chi connectivity index (χ1n) is 36.5. The van der Waals surface area contributed by atoms with Crippen LogP contribution in [0.25, 0.3) is 0 Å². The summed E-state index contributed by atoms with van der Waals surface area (Å²) in [6.07, 6.45) is 62.2. The van der Waals surface area contributed by atoms with Crippen molar-refractivity contribution in [1.29, 1.82) is 0 Å². The molecule has 0 aromatic rings. The highest BCUT2D eigenvalue weighted by atomic mass is 31.2. The van der Waals surface area contributed by atoms with Gasteiger partial charge in [-0.15, -0.1) is 0 Å². The number of aliphatic hydroxyl groups is 1. The van der Waals surface area contributed by atoms with E-state index < -0.39 is 97.5 Å². The lowest BCUT2D eigenvalue weighted by atomic mass is 10.1. The molecule has 0 aromatic heterocycles. The quantitative estimate of drug-likeness (QED) is 0.0169. The lowest BCUT2D eigenvalue weighted by molar-refractivity contribution is -0.161. The number of unbranched alkanes of at least 4 members (excludes halogenated alkanes) is 33. The van der Waals surface area contributed by atoms with Gasteiger partial charge in [0.1, 0.15) is 19.3 Å². The molecule has 0 radical (unpaired) electrons. The molecule has 0 fully saturated rings. The van der Waals surface area contributed by atoms with Crippen LogP contribution < -0.4 is 0 Å². The summed E-state index contributed by atoms with van der Waals surface area (Å²) in [6, 6.07) is 0. The lowest BCUT2D eigenvalue weighted by Gasteiger charge is -2.21. The zero-order chi connectivity index (χ0) is 67.5. The standard InChI is InChI=1S/C73H132O17P2/c1-5-9-13-17-21-25-29-31-33-35-39-41-45-49-53-57-70(75)83-63-68(89-72(77)59-55-51-47-43-37-27-23-19-15-11-7-3)65-87-91(79,80)85-61-67(74)62-86-92(81,82)88-66-69(90-73(78)60-56-52-48-44-38-28-24-20-16-12-8-4)64-84-71(76)58-54-50-46-42-40-36-34-32-30-26-22-18-14-10-6-2/h9,13,21-22,25-26,31-34,67-69,74H,5-8,10-12,14-20,23-24,27-30,35-66H2,1-4H3,(H,79,80)(H,81,82)/b13-9-,25-21-,26-22-,33-31-,34-32-. The Labute approximate surface area is 559 Å². The van der Waals surface area contributed by atoms with E-state index in [9.17, 15) is 43.2 Å². The van der Waals surface area contributed by atoms with Crippen LogP contribution in [0.15, 0.2) is 60.8 Å². The number of allylic oxidation sites excluding steroid dienone is 10. The van der Waals surface area contributed by atoms with Crippen LogP contribution in [0.4, 0.5) is 0 Å². The first kappa shape index (κ1) is 88.8. The highest BCUT2D eigenvalue weighted by Gasteiger charge is 2.30. The summed E-state index contributed by atoms with van der Waals surface area (Å²) in [6.45, 7) is 4.71. The molecule has 92 heavy (non-hydrogen) atoms. The normalized spacial score (nSPS) is 14.4. The molecule has 0 heterocycles. The molecule has 0 aromatic carbocycles. The first-order chi connectivity index (χ1) is 44.7. The minimum absolute atomic E-state index is 0.0963. The maximum absolute atomic E-state index is 13.0. The number of carbonyl (C=O) groups is 4. The van der Waals surface area contributed by atoms with Gasteiger partial charge in [-0.1, -0.05) is 268 Å². The fraction of sp³-hybridized carbons (Fsp3) is 0.808. The molecule has 0 aliphatic heterocycles. The van der Waals surface area contributed by atoms with Gasteiger partial charge in [0.05, 0.1) is 26.4 Å². The van der Waals surface area contributed by atoms with Crippen LogP contribution in [0.5, 0.6) is 0 Å². The number of phosphoric ester groups is 2. The van der Waals surface area contributed by atoms with E-state index in [1.165, 1.54) is 96.3 Å². The highest BCUT2D eigenvalue weighted by Crippen LogP contribution is 2.45. The number of carbonyl (C=O) groups excluding carboxylic acids is 4. The smallest absolute Gasteiger partial charge is 0.462 e. The van der Waals surface area contributed by atoms with Crippen LogP contribution in [-0.4, -0.2) is 96.7 Å². The molecule has 0 amide bonds. The largest absolute Gasteiger partial charge is 0.472 e. The third kappa shape index (κ3) is 65.4. The Kier molecular flexibility index (Phi) is 64.0. The number of hydrogen-bond donors (Lipinski definition) is 3. The summed E-state index contributed by atoms with van der Waals surface area (Å²) in [4.78, 5) is 72.6. The van der Waals surface area contributed by atoms with E-state index >= 15 is 0 Å². The fourth-order valence-electron chi connectivity index (χ4n) is 9.91. The average molecular weight is 1340 g/mol. The van der Waals surface area contributed by atoms with Gasteiger partial charge >= 0.3 is 39.5 Å². The van der Waals surface area contributed by atoms with Crippen LogP contribution in [0.2, 0.25) is 0 Å². The zero-order valence-corrected chi connectivity index (χ0v) is 60.0. The fourth-order valence-corrected chi connectivity index (χ4v) is 11.5. The first-order valence-corrected chi connectivity index (χ1v) is 39.5. The highest BCUT2D eigenvalue weighted by molar-refractivity contribution is 7.47. The zero-order valence-electron chi connectivity index (χ0n) is 58.2. The molecule has 0 spiro atoms. The molecule has 0 saturated heterocycles. The van der Waals surface area contributed by atoms with Crippen molar-refractivity contribution in [3.8, 4) is 0 Å². The number of aliphatic hydroxyl groups excluding tert-OH is 1. The SMILES string of the molecule is CC/C=C\C/C=C\C/C=C\CCCCCCCC(=O)OCC(COP(=O)(O)OCC(O)COP(=O)(O)OCC(COC(=O)CCCCCCC/C=C\C/C=C\CCCCC)OC(=O)CCCCCCCCCCCCC)OC(=O)CCCCCCCCCCCCC. The summed E-state index contributed by atoms with van der Waals surface area (Å²) in [5, 5.41) is 10.6. The number of ether oxygens (including phenoxy) is 4. The molecular weight excluding hydrogens is 1210 g/mol. The third-order valence-corrected chi connectivity index (χ3v) is 17.4. The predicted molar refractivity (Wildman–Crippen MR) is 372 cm³/mol. The van der Waals surface area contributed by atoms with E-state index in [4.69, 9.17) is 37.0 Å².